The Bertz CT molecular complexity index is 542. The number of fused-ring (bicyclic) bond motifs is 1. The lowest BCUT2D eigenvalue weighted by molar-refractivity contribution is 0.543. The summed E-state index contributed by atoms with van der Waals surface area (Å²) in [5.41, 5.74) is 5.46. The molecule has 0 amide bonds. The summed E-state index contributed by atoms with van der Waals surface area (Å²) in [6, 6.07) is 17.4. The lowest BCUT2D eigenvalue weighted by Gasteiger charge is -2.14. The maximum atomic E-state index is 6.59. The highest BCUT2D eigenvalue weighted by Gasteiger charge is 2.30. The number of aryl methyl sites for hydroxylation is 1. The van der Waals surface area contributed by atoms with E-state index in [-0.39, 0.29) is 5.38 Å². The van der Waals surface area contributed by atoms with Gasteiger partial charge in [0.15, 0.2) is 0 Å². The Hall–Kier alpha value is -1.27. The van der Waals surface area contributed by atoms with E-state index in [1.54, 1.807) is 0 Å². The van der Waals surface area contributed by atoms with E-state index in [0.29, 0.717) is 5.92 Å². The highest BCUT2D eigenvalue weighted by Crippen LogP contribution is 2.42. The predicted molar refractivity (Wildman–Crippen MR) is 77.1 cm³/mol. The number of halogens is 1. The minimum Gasteiger partial charge on any atom is -0.117 e. The first-order valence-corrected chi connectivity index (χ1v) is 6.95. The van der Waals surface area contributed by atoms with Crippen LogP contribution in [0, 0.1) is 12.8 Å². The Morgan fingerprint density at radius 2 is 1.78 bits per heavy atom. The van der Waals surface area contributed by atoms with Crippen LogP contribution in [0.2, 0.25) is 0 Å². The smallest absolute Gasteiger partial charge is 0.0622 e. The van der Waals surface area contributed by atoms with Crippen LogP contribution in [0.25, 0.3) is 0 Å². The molecule has 0 fully saturated rings. The number of alkyl halides is 1. The quantitative estimate of drug-likeness (QED) is 0.684. The lowest BCUT2D eigenvalue weighted by atomic mass is 9.96. The predicted octanol–water partition coefficient (Wildman–Crippen LogP) is 4.69. The topological polar surface area (TPSA) is 0 Å². The molecule has 0 saturated carbocycles. The van der Waals surface area contributed by atoms with Crippen LogP contribution < -0.4 is 0 Å². The standard InChI is InChI=1S/C17H17Cl/c1-12-6-8-13(9-7-12)10-15-11-14-4-2-3-5-16(14)17(15)18/h2-9,15,17H,10-11H2,1H3. The normalized spacial score (nSPS) is 21.9. The van der Waals surface area contributed by atoms with Crippen molar-refractivity contribution in [1.82, 2.24) is 0 Å². The SMILES string of the molecule is Cc1ccc(CC2Cc3ccccc3C2Cl)cc1. The number of hydrogen-bond donors (Lipinski definition) is 0. The molecular formula is C17H17Cl. The third-order valence-corrected chi connectivity index (χ3v) is 4.46. The van der Waals surface area contributed by atoms with Gasteiger partial charge in [-0.15, -0.1) is 11.6 Å². The summed E-state index contributed by atoms with van der Waals surface area (Å²) in [7, 11) is 0. The zero-order valence-corrected chi connectivity index (χ0v) is 11.3. The Morgan fingerprint density at radius 1 is 1.06 bits per heavy atom. The second kappa shape index (κ2) is 4.78. The third kappa shape index (κ3) is 2.18. The molecule has 0 N–H and O–H groups in total. The van der Waals surface area contributed by atoms with Crippen molar-refractivity contribution < 1.29 is 0 Å². The molecule has 0 aromatic heterocycles. The van der Waals surface area contributed by atoms with Gasteiger partial charge in [0.2, 0.25) is 0 Å². The van der Waals surface area contributed by atoms with E-state index in [2.05, 4.69) is 55.5 Å². The molecule has 2 aromatic rings. The van der Waals surface area contributed by atoms with Crippen LogP contribution in [0.1, 0.15) is 27.6 Å². The largest absolute Gasteiger partial charge is 0.117 e. The van der Waals surface area contributed by atoms with Gasteiger partial charge in [0.05, 0.1) is 5.38 Å². The Labute approximate surface area is 114 Å². The van der Waals surface area contributed by atoms with E-state index < -0.39 is 0 Å². The Kier molecular flexibility index (Phi) is 3.13. The van der Waals surface area contributed by atoms with Gasteiger partial charge in [-0.05, 0) is 42.4 Å². The first-order valence-electron chi connectivity index (χ1n) is 6.51. The number of hydrogen-bond acceptors (Lipinski definition) is 0. The molecule has 2 unspecified atom stereocenters. The monoisotopic (exact) mass is 256 g/mol. The average molecular weight is 257 g/mol. The molecule has 1 aliphatic carbocycles. The summed E-state index contributed by atoms with van der Waals surface area (Å²) < 4.78 is 0. The van der Waals surface area contributed by atoms with E-state index >= 15 is 0 Å². The highest BCUT2D eigenvalue weighted by molar-refractivity contribution is 6.21. The van der Waals surface area contributed by atoms with Crippen molar-refractivity contribution in [1.29, 1.82) is 0 Å². The molecule has 0 radical (unpaired) electrons. The third-order valence-electron chi connectivity index (χ3n) is 3.87. The van der Waals surface area contributed by atoms with Crippen LogP contribution in [0.15, 0.2) is 48.5 Å². The Balaban J connectivity index is 1.78. The second-order valence-electron chi connectivity index (χ2n) is 5.25. The van der Waals surface area contributed by atoms with Crippen LogP contribution >= 0.6 is 11.6 Å². The van der Waals surface area contributed by atoms with Crippen molar-refractivity contribution in [2.45, 2.75) is 25.1 Å². The number of rotatable bonds is 2. The van der Waals surface area contributed by atoms with Gasteiger partial charge in [-0.1, -0.05) is 54.1 Å². The fourth-order valence-corrected chi connectivity index (χ4v) is 3.22. The summed E-state index contributed by atoms with van der Waals surface area (Å²) in [5, 5.41) is 0.169. The van der Waals surface area contributed by atoms with Crippen LogP contribution in [0.5, 0.6) is 0 Å². The van der Waals surface area contributed by atoms with Crippen LogP contribution in [0.3, 0.4) is 0 Å². The van der Waals surface area contributed by atoms with Gasteiger partial charge in [0.1, 0.15) is 0 Å². The van der Waals surface area contributed by atoms with E-state index in [0.717, 1.165) is 12.8 Å². The maximum absolute atomic E-state index is 6.59. The van der Waals surface area contributed by atoms with E-state index in [1.807, 2.05) is 0 Å². The van der Waals surface area contributed by atoms with Crippen molar-refractivity contribution in [2.75, 3.05) is 0 Å². The van der Waals surface area contributed by atoms with E-state index in [9.17, 15) is 0 Å². The summed E-state index contributed by atoms with van der Waals surface area (Å²) >= 11 is 6.59. The molecule has 2 aromatic carbocycles. The first kappa shape index (κ1) is 11.8. The molecule has 0 spiro atoms. The molecular weight excluding hydrogens is 240 g/mol. The summed E-state index contributed by atoms with van der Waals surface area (Å²) in [6.45, 7) is 2.12. The molecule has 0 nitrogen and oxygen atoms in total. The summed E-state index contributed by atoms with van der Waals surface area (Å²) in [4.78, 5) is 0. The molecule has 18 heavy (non-hydrogen) atoms. The van der Waals surface area contributed by atoms with Crippen LogP contribution in [-0.2, 0) is 12.8 Å². The van der Waals surface area contributed by atoms with Gasteiger partial charge in [0, 0.05) is 0 Å². The van der Waals surface area contributed by atoms with Gasteiger partial charge in [-0.25, -0.2) is 0 Å². The van der Waals surface area contributed by atoms with Crippen molar-refractivity contribution >= 4 is 11.6 Å². The van der Waals surface area contributed by atoms with Crippen molar-refractivity contribution in [3.63, 3.8) is 0 Å². The van der Waals surface area contributed by atoms with Gasteiger partial charge >= 0.3 is 0 Å². The van der Waals surface area contributed by atoms with Gasteiger partial charge in [0.25, 0.3) is 0 Å². The molecule has 0 saturated heterocycles. The molecule has 1 heteroatoms. The fraction of sp³-hybridized carbons (Fsp3) is 0.294. The van der Waals surface area contributed by atoms with Crippen molar-refractivity contribution in [3.8, 4) is 0 Å². The van der Waals surface area contributed by atoms with E-state index in [4.69, 9.17) is 11.6 Å². The maximum Gasteiger partial charge on any atom is 0.0622 e. The second-order valence-corrected chi connectivity index (χ2v) is 5.72. The zero-order valence-electron chi connectivity index (χ0n) is 10.6. The summed E-state index contributed by atoms with van der Waals surface area (Å²) in [6.07, 6.45) is 2.18. The van der Waals surface area contributed by atoms with Gasteiger partial charge in [-0.3, -0.25) is 0 Å². The van der Waals surface area contributed by atoms with Crippen molar-refractivity contribution in [2.24, 2.45) is 5.92 Å². The van der Waals surface area contributed by atoms with Gasteiger partial charge < -0.3 is 0 Å². The summed E-state index contributed by atoms with van der Waals surface area (Å²) in [5.74, 6) is 0.534. The zero-order chi connectivity index (χ0) is 12.5. The average Bonchev–Trinajstić information content (AvgIpc) is 2.70. The highest BCUT2D eigenvalue weighted by atomic mass is 35.5. The fourth-order valence-electron chi connectivity index (χ4n) is 2.83. The van der Waals surface area contributed by atoms with Gasteiger partial charge in [-0.2, -0.15) is 0 Å². The van der Waals surface area contributed by atoms with E-state index in [1.165, 1.54) is 22.3 Å². The molecule has 1 aliphatic rings. The molecule has 0 aliphatic heterocycles. The minimum absolute atomic E-state index is 0.169. The minimum atomic E-state index is 0.169. The lowest BCUT2D eigenvalue weighted by Crippen LogP contribution is -2.06. The molecule has 92 valence electrons. The van der Waals surface area contributed by atoms with Crippen molar-refractivity contribution in [3.05, 3.63) is 70.8 Å². The number of benzene rings is 2. The molecule has 0 bridgehead atoms. The first-order chi connectivity index (χ1) is 8.74. The van der Waals surface area contributed by atoms with Crippen LogP contribution in [-0.4, -0.2) is 0 Å². The molecule has 0 heterocycles. The molecule has 2 atom stereocenters. The Morgan fingerprint density at radius 3 is 2.50 bits per heavy atom. The van der Waals surface area contributed by atoms with Crippen LogP contribution in [0.4, 0.5) is 0 Å². The molecule has 3 rings (SSSR count).